The lowest BCUT2D eigenvalue weighted by molar-refractivity contribution is -0.275. The van der Waals surface area contributed by atoms with Crippen LogP contribution in [0.25, 0.3) is 0 Å². The quantitative estimate of drug-likeness (QED) is 0.655. The highest BCUT2D eigenvalue weighted by molar-refractivity contribution is 7.79. The molecule has 27 heavy (non-hydrogen) atoms. The molecule has 1 aliphatic rings. The lowest BCUT2D eigenvalue weighted by atomic mass is 9.99. The lowest BCUT2D eigenvalue weighted by Gasteiger charge is -2.41. The zero-order valence-corrected chi connectivity index (χ0v) is 15.1. The van der Waals surface area contributed by atoms with Crippen molar-refractivity contribution < 1.29 is 34.3 Å². The Labute approximate surface area is 161 Å². The molecule has 1 saturated heterocycles. The van der Waals surface area contributed by atoms with Crippen molar-refractivity contribution in [3.8, 4) is 11.5 Å². The van der Waals surface area contributed by atoms with Gasteiger partial charge in [-0.25, -0.2) is 0 Å². The van der Waals surface area contributed by atoms with E-state index >= 15 is 0 Å². The smallest absolute Gasteiger partial charge is 0.358 e. The van der Waals surface area contributed by atoms with Crippen LogP contribution in [0, 0.1) is 0 Å². The molecular formula is C19H20O7S. The van der Waals surface area contributed by atoms with E-state index in [1.807, 2.05) is 12.1 Å². The van der Waals surface area contributed by atoms with E-state index in [1.165, 1.54) is 0 Å². The molecule has 1 fully saturated rings. The number of aliphatic hydroxyl groups excluding tert-OH is 3. The number of aliphatic hydroxyl groups is 3. The van der Waals surface area contributed by atoms with Crippen LogP contribution in [0.1, 0.15) is 0 Å². The molecule has 3 N–H and O–H groups in total. The lowest BCUT2D eigenvalue weighted by Crippen LogP contribution is -2.61. The molecule has 0 saturated carbocycles. The highest BCUT2D eigenvalue weighted by atomic mass is 32.1. The van der Waals surface area contributed by atoms with E-state index in [9.17, 15) is 15.3 Å². The molecule has 0 aliphatic carbocycles. The van der Waals surface area contributed by atoms with Crippen molar-refractivity contribution in [2.24, 2.45) is 0 Å². The zero-order valence-electron chi connectivity index (χ0n) is 14.3. The molecule has 144 valence electrons. The first-order chi connectivity index (χ1) is 13.1. The Hall–Kier alpha value is -2.23. The van der Waals surface area contributed by atoms with Crippen molar-refractivity contribution in [3.63, 3.8) is 0 Å². The molecule has 1 aliphatic heterocycles. The first-order valence-corrected chi connectivity index (χ1v) is 8.77. The van der Waals surface area contributed by atoms with Gasteiger partial charge in [0.05, 0.1) is 6.61 Å². The van der Waals surface area contributed by atoms with Crippen molar-refractivity contribution in [1.82, 2.24) is 0 Å². The third kappa shape index (κ3) is 4.94. The third-order valence-corrected chi connectivity index (χ3v) is 4.17. The van der Waals surface area contributed by atoms with Crippen LogP contribution in [0.5, 0.6) is 11.5 Å². The average molecular weight is 392 g/mol. The van der Waals surface area contributed by atoms with Gasteiger partial charge in [0.15, 0.2) is 12.2 Å². The fourth-order valence-electron chi connectivity index (χ4n) is 2.64. The second kappa shape index (κ2) is 9.12. The van der Waals surface area contributed by atoms with Crippen LogP contribution in [0.4, 0.5) is 0 Å². The van der Waals surface area contributed by atoms with E-state index in [4.69, 9.17) is 31.2 Å². The van der Waals surface area contributed by atoms with E-state index in [-0.39, 0.29) is 5.24 Å². The Bertz CT molecular complexity index is 727. The van der Waals surface area contributed by atoms with Crippen LogP contribution in [-0.4, -0.2) is 57.9 Å². The highest BCUT2D eigenvalue weighted by Crippen LogP contribution is 2.26. The maximum Gasteiger partial charge on any atom is 0.358 e. The number of para-hydroxylation sites is 2. The van der Waals surface area contributed by atoms with Gasteiger partial charge < -0.3 is 34.3 Å². The van der Waals surface area contributed by atoms with Gasteiger partial charge in [-0.3, -0.25) is 0 Å². The first kappa shape index (κ1) is 19.5. The Kier molecular flexibility index (Phi) is 6.59. The van der Waals surface area contributed by atoms with E-state index in [0.717, 1.165) is 0 Å². The van der Waals surface area contributed by atoms with Gasteiger partial charge >= 0.3 is 5.24 Å². The Morgan fingerprint density at radius 2 is 1.52 bits per heavy atom. The summed E-state index contributed by atoms with van der Waals surface area (Å²) in [5, 5.41) is 30.1. The van der Waals surface area contributed by atoms with Crippen LogP contribution >= 0.6 is 12.2 Å². The molecule has 2 aromatic carbocycles. The first-order valence-electron chi connectivity index (χ1n) is 8.36. The van der Waals surface area contributed by atoms with Gasteiger partial charge in [-0.1, -0.05) is 36.4 Å². The van der Waals surface area contributed by atoms with Gasteiger partial charge in [-0.15, -0.1) is 0 Å². The monoisotopic (exact) mass is 392 g/mol. The Balaban J connectivity index is 1.70. The summed E-state index contributed by atoms with van der Waals surface area (Å²) < 4.78 is 21.9. The van der Waals surface area contributed by atoms with Gasteiger partial charge in [0.1, 0.15) is 23.7 Å². The van der Waals surface area contributed by atoms with Crippen molar-refractivity contribution in [3.05, 3.63) is 60.7 Å². The number of ether oxygens (including phenoxy) is 4. The maximum atomic E-state index is 10.6. The van der Waals surface area contributed by atoms with Crippen molar-refractivity contribution in [2.45, 2.75) is 30.7 Å². The summed E-state index contributed by atoms with van der Waals surface area (Å²) in [6, 6.07) is 17.4. The largest absolute Gasteiger partial charge is 0.462 e. The van der Waals surface area contributed by atoms with Gasteiger partial charge in [0.25, 0.3) is 0 Å². The van der Waals surface area contributed by atoms with Crippen LogP contribution in [0.3, 0.4) is 0 Å². The SMILES string of the molecule is OC[C@H]1O[C@H](Oc2ccccc2)[C@H](O)[C@@H](OC(=S)Oc2ccccc2)[C@H]1O. The number of rotatable bonds is 5. The number of benzene rings is 2. The summed E-state index contributed by atoms with van der Waals surface area (Å²) in [7, 11) is 0. The molecule has 1 heterocycles. The molecule has 0 bridgehead atoms. The van der Waals surface area contributed by atoms with Gasteiger partial charge in [0.2, 0.25) is 6.29 Å². The summed E-state index contributed by atoms with van der Waals surface area (Å²) in [5.41, 5.74) is 0. The predicted octanol–water partition coefficient (Wildman–Crippen LogP) is 1.25. The van der Waals surface area contributed by atoms with Crippen LogP contribution in [-0.2, 0) is 9.47 Å². The van der Waals surface area contributed by atoms with Gasteiger partial charge in [-0.05, 0) is 24.3 Å². The molecule has 0 spiro atoms. The van der Waals surface area contributed by atoms with Crippen LogP contribution in [0.2, 0.25) is 0 Å². The molecule has 3 rings (SSSR count). The second-order valence-electron chi connectivity index (χ2n) is 5.89. The Morgan fingerprint density at radius 1 is 0.926 bits per heavy atom. The maximum absolute atomic E-state index is 10.6. The predicted molar refractivity (Wildman–Crippen MR) is 99.4 cm³/mol. The summed E-state index contributed by atoms with van der Waals surface area (Å²) >= 11 is 5.06. The number of hydrogen-bond acceptors (Lipinski definition) is 8. The minimum Gasteiger partial charge on any atom is -0.462 e. The van der Waals surface area contributed by atoms with E-state index < -0.39 is 37.3 Å². The van der Waals surface area contributed by atoms with Crippen molar-refractivity contribution in [2.75, 3.05) is 6.61 Å². The van der Waals surface area contributed by atoms with E-state index in [1.54, 1.807) is 48.5 Å². The molecular weight excluding hydrogens is 372 g/mol. The molecule has 2 aromatic rings. The summed E-state index contributed by atoms with van der Waals surface area (Å²) in [5.74, 6) is 0.908. The summed E-state index contributed by atoms with van der Waals surface area (Å²) in [4.78, 5) is 0. The molecule has 0 radical (unpaired) electrons. The average Bonchev–Trinajstić information content (AvgIpc) is 2.69. The number of hydrogen-bond donors (Lipinski definition) is 3. The third-order valence-electron chi connectivity index (χ3n) is 3.99. The molecule has 7 nitrogen and oxygen atoms in total. The second-order valence-corrected chi connectivity index (χ2v) is 6.22. The molecule has 0 amide bonds. The van der Waals surface area contributed by atoms with Crippen LogP contribution < -0.4 is 9.47 Å². The molecule has 0 unspecified atom stereocenters. The number of thiocarbonyl (C=S) groups is 1. The normalized spacial score (nSPS) is 27.6. The van der Waals surface area contributed by atoms with Gasteiger partial charge in [0, 0.05) is 12.2 Å². The minimum atomic E-state index is -1.37. The van der Waals surface area contributed by atoms with E-state index in [2.05, 4.69) is 0 Å². The minimum absolute atomic E-state index is 0.277. The highest BCUT2D eigenvalue weighted by Gasteiger charge is 2.47. The fraction of sp³-hybridized carbons (Fsp3) is 0.316. The van der Waals surface area contributed by atoms with Crippen molar-refractivity contribution in [1.29, 1.82) is 0 Å². The fourth-order valence-corrected chi connectivity index (χ4v) is 2.85. The zero-order chi connectivity index (χ0) is 19.2. The standard InChI is InChI=1S/C19H20O7S/c20-11-14-15(21)17(26-19(27)24-13-9-5-2-6-10-13)16(22)18(25-14)23-12-7-3-1-4-8-12/h1-10,14-18,20-22H,11H2/t14-,15+,16-,17+,18+/m1/s1. The Morgan fingerprint density at radius 3 is 2.11 bits per heavy atom. The van der Waals surface area contributed by atoms with Crippen molar-refractivity contribution >= 4 is 17.5 Å². The summed E-state index contributed by atoms with van der Waals surface area (Å²) in [6.45, 7) is -0.491. The van der Waals surface area contributed by atoms with Crippen LogP contribution in [0.15, 0.2) is 60.7 Å². The summed E-state index contributed by atoms with van der Waals surface area (Å²) in [6.07, 6.45) is -6.11. The van der Waals surface area contributed by atoms with E-state index in [0.29, 0.717) is 11.5 Å². The molecule has 0 aromatic heterocycles. The molecule has 5 atom stereocenters. The topological polar surface area (TPSA) is 97.6 Å². The molecule has 8 heteroatoms. The van der Waals surface area contributed by atoms with Gasteiger partial charge in [-0.2, -0.15) is 0 Å².